The molecule has 1 aliphatic carbocycles. The maximum Gasteiger partial charge on any atom is 0.0554 e. The maximum absolute atomic E-state index is 5.30. The molecule has 0 aromatic rings. The lowest BCUT2D eigenvalue weighted by Gasteiger charge is -2.41. The molecule has 2 nitrogen and oxygen atoms in total. The molecule has 1 heterocycles. The molecule has 0 bridgehead atoms. The molecule has 0 amide bonds. The summed E-state index contributed by atoms with van der Waals surface area (Å²) in [5.41, 5.74) is 0.916. The van der Waals surface area contributed by atoms with Crippen molar-refractivity contribution in [2.24, 2.45) is 16.7 Å². The van der Waals surface area contributed by atoms with Gasteiger partial charge in [0, 0.05) is 18.0 Å². The summed E-state index contributed by atoms with van der Waals surface area (Å²) in [4.78, 5) is 0. The summed E-state index contributed by atoms with van der Waals surface area (Å²) >= 11 is 0. The predicted molar refractivity (Wildman–Crippen MR) is 72.1 cm³/mol. The van der Waals surface area contributed by atoms with Gasteiger partial charge in [-0.3, -0.25) is 0 Å². The molecule has 2 rings (SSSR count). The lowest BCUT2D eigenvalue weighted by atomic mass is 9.71. The van der Waals surface area contributed by atoms with Gasteiger partial charge in [0.25, 0.3) is 0 Å². The number of hydrogen-bond donors (Lipinski definition) is 1. The molecule has 0 aromatic carbocycles. The Labute approximate surface area is 107 Å². The topological polar surface area (TPSA) is 21.3 Å². The van der Waals surface area contributed by atoms with Crippen molar-refractivity contribution in [1.29, 1.82) is 0 Å². The Kier molecular flexibility index (Phi) is 3.84. The quantitative estimate of drug-likeness (QED) is 0.816. The summed E-state index contributed by atoms with van der Waals surface area (Å²) in [5.74, 6) is 0.920. The number of hydrogen-bond acceptors (Lipinski definition) is 2. The van der Waals surface area contributed by atoms with Crippen LogP contribution in [0.25, 0.3) is 0 Å². The van der Waals surface area contributed by atoms with Crippen LogP contribution in [-0.2, 0) is 4.74 Å². The van der Waals surface area contributed by atoms with Crippen molar-refractivity contribution in [2.45, 2.75) is 59.4 Å². The van der Waals surface area contributed by atoms with E-state index in [9.17, 15) is 0 Å². The Morgan fingerprint density at radius 3 is 2.12 bits per heavy atom. The van der Waals surface area contributed by atoms with E-state index in [4.69, 9.17) is 4.74 Å². The molecule has 2 heteroatoms. The zero-order valence-electron chi connectivity index (χ0n) is 12.0. The van der Waals surface area contributed by atoms with Crippen LogP contribution in [0.3, 0.4) is 0 Å². The van der Waals surface area contributed by atoms with Crippen molar-refractivity contribution in [1.82, 2.24) is 5.32 Å². The Balaban J connectivity index is 1.69. The van der Waals surface area contributed by atoms with Crippen molar-refractivity contribution in [3.8, 4) is 0 Å². The van der Waals surface area contributed by atoms with Crippen LogP contribution in [0.2, 0.25) is 0 Å². The number of nitrogens with one attached hydrogen (secondary N) is 1. The third-order valence-electron chi connectivity index (χ3n) is 4.67. The van der Waals surface area contributed by atoms with E-state index in [1.807, 2.05) is 0 Å². The standard InChI is InChI=1S/C15H29NO/c1-14(2,3)12-5-7-13(8-6-12)16-9-15(4)10-17-11-15/h12-13,16H,5-11H2,1-4H3. The molecule has 2 aliphatic rings. The van der Waals surface area contributed by atoms with Crippen molar-refractivity contribution in [2.75, 3.05) is 19.8 Å². The van der Waals surface area contributed by atoms with Crippen molar-refractivity contribution >= 4 is 0 Å². The Morgan fingerprint density at radius 1 is 1.12 bits per heavy atom. The SMILES string of the molecule is CC1(CNC2CCC(C(C)(C)C)CC2)COC1. The van der Waals surface area contributed by atoms with Gasteiger partial charge >= 0.3 is 0 Å². The van der Waals surface area contributed by atoms with Crippen LogP contribution in [0.15, 0.2) is 0 Å². The molecule has 0 spiro atoms. The molecule has 0 radical (unpaired) electrons. The van der Waals surface area contributed by atoms with Crippen molar-refractivity contribution in [3.05, 3.63) is 0 Å². The second kappa shape index (κ2) is 4.89. The average molecular weight is 239 g/mol. The molecule has 0 atom stereocenters. The Morgan fingerprint density at radius 2 is 1.71 bits per heavy atom. The molecule has 2 fully saturated rings. The molecule has 0 unspecified atom stereocenters. The van der Waals surface area contributed by atoms with Crippen molar-refractivity contribution in [3.63, 3.8) is 0 Å². The molecule has 1 aliphatic heterocycles. The molecule has 17 heavy (non-hydrogen) atoms. The van der Waals surface area contributed by atoms with Gasteiger partial charge in [-0.25, -0.2) is 0 Å². The first kappa shape index (κ1) is 13.4. The van der Waals surface area contributed by atoms with E-state index in [-0.39, 0.29) is 0 Å². The molecule has 1 saturated carbocycles. The fourth-order valence-electron chi connectivity index (χ4n) is 3.11. The van der Waals surface area contributed by atoms with Gasteiger partial charge in [-0.05, 0) is 37.0 Å². The number of ether oxygens (including phenoxy) is 1. The van der Waals surface area contributed by atoms with Crippen molar-refractivity contribution < 1.29 is 4.74 Å². The van der Waals surface area contributed by atoms with Gasteiger partial charge in [0.15, 0.2) is 0 Å². The van der Waals surface area contributed by atoms with Gasteiger partial charge in [0.1, 0.15) is 0 Å². The minimum atomic E-state index is 0.418. The second-order valence-electron chi connectivity index (χ2n) is 7.60. The normalized spacial score (nSPS) is 33.2. The van der Waals surface area contributed by atoms with Crippen LogP contribution in [0.1, 0.15) is 53.4 Å². The van der Waals surface area contributed by atoms with Crippen LogP contribution in [-0.4, -0.2) is 25.8 Å². The summed E-state index contributed by atoms with van der Waals surface area (Å²) < 4.78 is 5.30. The fraction of sp³-hybridized carbons (Fsp3) is 1.00. The van der Waals surface area contributed by atoms with Gasteiger partial charge in [-0.15, -0.1) is 0 Å². The Bertz CT molecular complexity index is 244. The van der Waals surface area contributed by atoms with Gasteiger partial charge in [-0.2, -0.15) is 0 Å². The first-order chi connectivity index (χ1) is 7.89. The minimum Gasteiger partial charge on any atom is -0.380 e. The molecular weight excluding hydrogens is 210 g/mol. The highest BCUT2D eigenvalue weighted by Gasteiger charge is 2.35. The third kappa shape index (κ3) is 3.45. The third-order valence-corrected chi connectivity index (χ3v) is 4.67. The van der Waals surface area contributed by atoms with Gasteiger partial charge in [-0.1, -0.05) is 27.7 Å². The number of rotatable bonds is 3. The van der Waals surface area contributed by atoms with Crippen LogP contribution in [0, 0.1) is 16.7 Å². The zero-order chi connectivity index (χ0) is 12.5. The Hall–Kier alpha value is -0.0800. The first-order valence-electron chi connectivity index (χ1n) is 7.20. The van der Waals surface area contributed by atoms with E-state index in [0.717, 1.165) is 31.7 Å². The lowest BCUT2D eigenvalue weighted by molar-refractivity contribution is -0.101. The molecule has 1 saturated heterocycles. The zero-order valence-corrected chi connectivity index (χ0v) is 12.0. The molecule has 0 aromatic heterocycles. The summed E-state index contributed by atoms with van der Waals surface area (Å²) in [6.45, 7) is 12.5. The van der Waals surface area contributed by atoms with E-state index in [2.05, 4.69) is 33.0 Å². The van der Waals surface area contributed by atoms with Crippen LogP contribution >= 0.6 is 0 Å². The first-order valence-corrected chi connectivity index (χ1v) is 7.20. The average Bonchev–Trinajstić information content (AvgIpc) is 2.23. The molecule has 1 N–H and O–H groups in total. The second-order valence-corrected chi connectivity index (χ2v) is 7.60. The van der Waals surface area contributed by atoms with Crippen LogP contribution in [0.5, 0.6) is 0 Å². The van der Waals surface area contributed by atoms with Gasteiger partial charge in [0.05, 0.1) is 13.2 Å². The van der Waals surface area contributed by atoms with Gasteiger partial charge in [0.2, 0.25) is 0 Å². The monoisotopic (exact) mass is 239 g/mol. The fourth-order valence-corrected chi connectivity index (χ4v) is 3.11. The smallest absolute Gasteiger partial charge is 0.0554 e. The summed E-state index contributed by atoms with van der Waals surface area (Å²) in [6, 6.07) is 0.756. The summed E-state index contributed by atoms with van der Waals surface area (Å²) in [5, 5.41) is 3.76. The van der Waals surface area contributed by atoms with Gasteiger partial charge < -0.3 is 10.1 Å². The highest BCUT2D eigenvalue weighted by Crippen LogP contribution is 2.38. The highest BCUT2D eigenvalue weighted by molar-refractivity contribution is 4.87. The predicted octanol–water partition coefficient (Wildman–Crippen LogP) is 3.22. The molecule has 100 valence electrons. The largest absolute Gasteiger partial charge is 0.380 e. The van der Waals surface area contributed by atoms with E-state index in [1.54, 1.807) is 0 Å². The van der Waals surface area contributed by atoms with E-state index in [1.165, 1.54) is 25.7 Å². The highest BCUT2D eigenvalue weighted by atomic mass is 16.5. The van der Waals surface area contributed by atoms with E-state index in [0.29, 0.717) is 10.8 Å². The minimum absolute atomic E-state index is 0.418. The van der Waals surface area contributed by atoms with Crippen LogP contribution in [0.4, 0.5) is 0 Å². The van der Waals surface area contributed by atoms with E-state index < -0.39 is 0 Å². The molecular formula is C15H29NO. The maximum atomic E-state index is 5.30. The van der Waals surface area contributed by atoms with E-state index >= 15 is 0 Å². The van der Waals surface area contributed by atoms with Crippen LogP contribution < -0.4 is 5.32 Å². The lowest BCUT2D eigenvalue weighted by Crippen LogP contribution is -2.50. The summed E-state index contributed by atoms with van der Waals surface area (Å²) in [7, 11) is 0. The summed E-state index contributed by atoms with van der Waals surface area (Å²) in [6.07, 6.45) is 5.51.